The van der Waals surface area contributed by atoms with Gasteiger partial charge in [0.05, 0.1) is 12.0 Å². The van der Waals surface area contributed by atoms with Gasteiger partial charge in [0.25, 0.3) is 11.8 Å². The maximum Gasteiger partial charge on any atom is 0.266 e. The van der Waals surface area contributed by atoms with E-state index in [0.717, 1.165) is 10.5 Å². The molecule has 0 saturated carbocycles. The van der Waals surface area contributed by atoms with Crippen molar-refractivity contribution in [3.05, 3.63) is 35.4 Å². The predicted molar refractivity (Wildman–Crippen MR) is 95.3 cm³/mol. The largest absolute Gasteiger partial charge is 0.356 e. The smallest absolute Gasteiger partial charge is 0.266 e. The minimum Gasteiger partial charge on any atom is -0.356 e. The van der Waals surface area contributed by atoms with Crippen LogP contribution in [0.4, 0.5) is 8.78 Å². The standard InChI is InChI=1S/C20H26F2N2O2/c1-18(2,3)15-7-5-14(6-8-15)16(25)24-12-19(11-20(21,22)13-24)9-4-10-23-17(19)26/h5-8H,4,9-13H2,1-3H3,(H,23,26). The third-order valence-corrected chi connectivity index (χ3v) is 5.40. The fourth-order valence-electron chi connectivity index (χ4n) is 4.00. The number of halogens is 2. The van der Waals surface area contributed by atoms with Gasteiger partial charge in [-0.1, -0.05) is 32.9 Å². The van der Waals surface area contributed by atoms with Crippen LogP contribution in [-0.4, -0.2) is 42.3 Å². The number of hydrogen-bond acceptors (Lipinski definition) is 2. The van der Waals surface area contributed by atoms with Gasteiger partial charge in [-0.05, 0) is 36.0 Å². The van der Waals surface area contributed by atoms with Gasteiger partial charge in [0.15, 0.2) is 0 Å². The number of nitrogens with zero attached hydrogens (tertiary/aromatic N) is 1. The van der Waals surface area contributed by atoms with E-state index in [0.29, 0.717) is 24.9 Å². The van der Waals surface area contributed by atoms with Gasteiger partial charge in [0.2, 0.25) is 5.91 Å². The number of amides is 2. The molecule has 2 heterocycles. The number of hydrogen-bond donors (Lipinski definition) is 1. The summed E-state index contributed by atoms with van der Waals surface area (Å²) in [5.41, 5.74) is 0.216. The van der Waals surface area contributed by atoms with Crippen LogP contribution in [0.2, 0.25) is 0 Å². The molecule has 0 radical (unpaired) electrons. The van der Waals surface area contributed by atoms with E-state index in [1.165, 1.54) is 0 Å². The summed E-state index contributed by atoms with van der Waals surface area (Å²) in [7, 11) is 0. The van der Waals surface area contributed by atoms with Gasteiger partial charge < -0.3 is 10.2 Å². The Kier molecular flexibility index (Phi) is 4.57. The zero-order valence-electron chi connectivity index (χ0n) is 15.6. The van der Waals surface area contributed by atoms with Crippen molar-refractivity contribution in [2.75, 3.05) is 19.6 Å². The fourth-order valence-corrected chi connectivity index (χ4v) is 4.00. The molecule has 0 aliphatic carbocycles. The van der Waals surface area contributed by atoms with Crippen molar-refractivity contribution in [2.24, 2.45) is 5.41 Å². The summed E-state index contributed by atoms with van der Waals surface area (Å²) < 4.78 is 28.8. The number of carbonyl (C=O) groups is 2. The van der Waals surface area contributed by atoms with Gasteiger partial charge in [-0.25, -0.2) is 8.78 Å². The van der Waals surface area contributed by atoms with Crippen molar-refractivity contribution in [1.82, 2.24) is 10.2 Å². The highest BCUT2D eigenvalue weighted by Crippen LogP contribution is 2.43. The molecule has 1 aromatic carbocycles. The van der Waals surface area contributed by atoms with Gasteiger partial charge in [0.1, 0.15) is 0 Å². The maximum atomic E-state index is 14.4. The zero-order valence-corrected chi connectivity index (χ0v) is 15.6. The van der Waals surface area contributed by atoms with E-state index < -0.39 is 30.2 Å². The van der Waals surface area contributed by atoms with Crippen molar-refractivity contribution in [2.45, 2.75) is 51.4 Å². The molecule has 1 spiro atoms. The molecular weight excluding hydrogens is 338 g/mol. The summed E-state index contributed by atoms with van der Waals surface area (Å²) in [4.78, 5) is 26.3. The molecule has 0 bridgehead atoms. The van der Waals surface area contributed by atoms with Crippen molar-refractivity contribution in [3.8, 4) is 0 Å². The number of piperidine rings is 2. The Morgan fingerprint density at radius 3 is 2.38 bits per heavy atom. The lowest BCUT2D eigenvalue weighted by atomic mass is 9.72. The monoisotopic (exact) mass is 364 g/mol. The van der Waals surface area contributed by atoms with Crippen LogP contribution in [0.15, 0.2) is 24.3 Å². The minimum atomic E-state index is -3.06. The highest BCUT2D eigenvalue weighted by Gasteiger charge is 2.54. The lowest BCUT2D eigenvalue weighted by Gasteiger charge is -2.46. The molecule has 2 saturated heterocycles. The molecule has 2 aliphatic heterocycles. The summed E-state index contributed by atoms with van der Waals surface area (Å²) >= 11 is 0. The summed E-state index contributed by atoms with van der Waals surface area (Å²) in [6.45, 7) is 6.13. The fraction of sp³-hybridized carbons (Fsp3) is 0.600. The molecule has 6 heteroatoms. The molecule has 26 heavy (non-hydrogen) atoms. The van der Waals surface area contributed by atoms with Crippen molar-refractivity contribution in [3.63, 3.8) is 0 Å². The molecule has 2 amide bonds. The minimum absolute atomic E-state index is 0.0499. The SMILES string of the molecule is CC(C)(C)c1ccc(C(=O)N2CC(F)(F)CC3(CCCNC3=O)C2)cc1. The van der Waals surface area contributed by atoms with E-state index in [9.17, 15) is 18.4 Å². The number of rotatable bonds is 1. The second-order valence-corrected chi connectivity index (χ2v) is 8.66. The maximum absolute atomic E-state index is 14.4. The molecule has 1 aromatic rings. The van der Waals surface area contributed by atoms with Crippen LogP contribution in [0.3, 0.4) is 0 Å². The number of alkyl halides is 2. The van der Waals surface area contributed by atoms with E-state index in [2.05, 4.69) is 26.1 Å². The number of nitrogens with one attached hydrogen (secondary N) is 1. The number of likely N-dealkylation sites (tertiary alicyclic amines) is 1. The second-order valence-electron chi connectivity index (χ2n) is 8.66. The Morgan fingerprint density at radius 2 is 1.81 bits per heavy atom. The van der Waals surface area contributed by atoms with E-state index in [-0.39, 0.29) is 17.9 Å². The third-order valence-electron chi connectivity index (χ3n) is 5.40. The Balaban J connectivity index is 1.85. The van der Waals surface area contributed by atoms with Gasteiger partial charge >= 0.3 is 0 Å². The van der Waals surface area contributed by atoms with Crippen LogP contribution >= 0.6 is 0 Å². The Labute approximate surface area is 152 Å². The lowest BCUT2D eigenvalue weighted by molar-refractivity contribution is -0.153. The first-order valence-corrected chi connectivity index (χ1v) is 9.08. The Bertz CT molecular complexity index is 710. The summed E-state index contributed by atoms with van der Waals surface area (Å²) in [6.07, 6.45) is 0.559. The van der Waals surface area contributed by atoms with E-state index in [4.69, 9.17) is 0 Å². The quantitative estimate of drug-likeness (QED) is 0.831. The molecular formula is C20H26F2N2O2. The summed E-state index contributed by atoms with van der Waals surface area (Å²) in [5, 5.41) is 2.69. The van der Waals surface area contributed by atoms with E-state index in [1.54, 1.807) is 12.1 Å². The molecule has 2 fully saturated rings. The topological polar surface area (TPSA) is 49.4 Å². The average molecular weight is 364 g/mol. The van der Waals surface area contributed by atoms with E-state index >= 15 is 0 Å². The van der Waals surface area contributed by atoms with E-state index in [1.807, 2.05) is 12.1 Å². The van der Waals surface area contributed by atoms with Crippen LogP contribution < -0.4 is 5.32 Å². The molecule has 1 unspecified atom stereocenters. The molecule has 2 aliphatic rings. The molecule has 3 rings (SSSR count). The average Bonchev–Trinajstić information content (AvgIpc) is 2.55. The van der Waals surface area contributed by atoms with Crippen LogP contribution in [0.25, 0.3) is 0 Å². The van der Waals surface area contributed by atoms with Crippen LogP contribution in [0.1, 0.15) is 56.0 Å². The molecule has 0 aromatic heterocycles. The normalized spacial score (nSPS) is 25.9. The summed E-state index contributed by atoms with van der Waals surface area (Å²) in [5.74, 6) is -3.86. The first-order valence-electron chi connectivity index (χ1n) is 9.08. The predicted octanol–water partition coefficient (Wildman–Crippen LogP) is 3.36. The van der Waals surface area contributed by atoms with Crippen LogP contribution in [0.5, 0.6) is 0 Å². The number of carbonyl (C=O) groups excluding carboxylic acids is 2. The van der Waals surface area contributed by atoms with Crippen LogP contribution in [0, 0.1) is 5.41 Å². The zero-order chi connectivity index (χ0) is 19.2. The van der Waals surface area contributed by atoms with Gasteiger partial charge in [-0.2, -0.15) is 0 Å². The molecule has 1 atom stereocenters. The highest BCUT2D eigenvalue weighted by atomic mass is 19.3. The molecule has 142 valence electrons. The molecule has 4 nitrogen and oxygen atoms in total. The first kappa shape index (κ1) is 18.8. The molecule has 1 N–H and O–H groups in total. The summed E-state index contributed by atoms with van der Waals surface area (Å²) in [6, 6.07) is 7.09. The van der Waals surface area contributed by atoms with Gasteiger partial charge in [0, 0.05) is 25.1 Å². The first-order chi connectivity index (χ1) is 12.0. The Morgan fingerprint density at radius 1 is 1.15 bits per heavy atom. The lowest BCUT2D eigenvalue weighted by Crippen LogP contribution is -2.61. The third kappa shape index (κ3) is 3.60. The van der Waals surface area contributed by atoms with Crippen molar-refractivity contribution >= 4 is 11.8 Å². The Hall–Kier alpha value is -1.98. The number of benzene rings is 1. The van der Waals surface area contributed by atoms with Crippen molar-refractivity contribution in [1.29, 1.82) is 0 Å². The van der Waals surface area contributed by atoms with Gasteiger partial charge in [-0.15, -0.1) is 0 Å². The van der Waals surface area contributed by atoms with Crippen molar-refractivity contribution < 1.29 is 18.4 Å². The van der Waals surface area contributed by atoms with Crippen LogP contribution in [-0.2, 0) is 10.2 Å². The second kappa shape index (κ2) is 6.32. The van der Waals surface area contributed by atoms with Gasteiger partial charge in [-0.3, -0.25) is 9.59 Å². The highest BCUT2D eigenvalue weighted by molar-refractivity contribution is 5.95.